The average molecular weight is 1330 g/mol. The van der Waals surface area contributed by atoms with Crippen LogP contribution >= 0.6 is 0 Å². The molecule has 0 radical (unpaired) electrons. The van der Waals surface area contributed by atoms with Gasteiger partial charge in [-0.15, -0.1) is 0 Å². The minimum atomic E-state index is -1.80. The molecule has 546 valence electrons. The number of rotatable bonds is 62. The fourth-order valence-electron chi connectivity index (χ4n) is 11.8. The van der Waals surface area contributed by atoms with Gasteiger partial charge in [0.15, 0.2) is 12.6 Å². The van der Waals surface area contributed by atoms with Gasteiger partial charge in [-0.3, -0.25) is 4.79 Å². The van der Waals surface area contributed by atoms with Crippen molar-refractivity contribution in [1.82, 2.24) is 5.32 Å². The van der Waals surface area contributed by atoms with Crippen LogP contribution in [0.25, 0.3) is 0 Å². The lowest BCUT2D eigenvalue weighted by molar-refractivity contribution is -0.359. The van der Waals surface area contributed by atoms with Gasteiger partial charge in [-0.25, -0.2) is 0 Å². The van der Waals surface area contributed by atoms with Crippen molar-refractivity contribution in [3.8, 4) is 0 Å². The summed E-state index contributed by atoms with van der Waals surface area (Å²) in [5, 5.41) is 87.5. The molecule has 0 spiro atoms. The highest BCUT2D eigenvalue weighted by Crippen LogP contribution is 2.30. The Hall–Kier alpha value is -3.61. The normalized spacial score (nSPS) is 23.1. The molecular formula is C81H139NO13. The third-order valence-corrected chi connectivity index (χ3v) is 17.9. The number of ether oxygens (including phenoxy) is 4. The van der Waals surface area contributed by atoms with Crippen LogP contribution in [0.15, 0.2) is 122 Å². The Bertz CT molecular complexity index is 2060. The van der Waals surface area contributed by atoms with Crippen molar-refractivity contribution in [1.29, 1.82) is 0 Å². The van der Waals surface area contributed by atoms with Crippen LogP contribution in [0.4, 0.5) is 0 Å². The number of nitrogens with one attached hydrogen (secondary N) is 1. The smallest absolute Gasteiger partial charge is 0.220 e. The maximum atomic E-state index is 13.4. The van der Waals surface area contributed by atoms with Crippen LogP contribution < -0.4 is 5.32 Å². The van der Waals surface area contributed by atoms with E-state index in [2.05, 4.69) is 129 Å². The van der Waals surface area contributed by atoms with Gasteiger partial charge < -0.3 is 65.1 Å². The van der Waals surface area contributed by atoms with Gasteiger partial charge in [0.25, 0.3) is 0 Å². The Morgan fingerprint density at radius 2 is 0.737 bits per heavy atom. The van der Waals surface area contributed by atoms with Gasteiger partial charge in [0.05, 0.1) is 32.0 Å². The molecule has 95 heavy (non-hydrogen) atoms. The fraction of sp³-hybridized carbons (Fsp3) is 0.741. The van der Waals surface area contributed by atoms with Gasteiger partial charge in [0, 0.05) is 6.42 Å². The van der Waals surface area contributed by atoms with Crippen LogP contribution in [0.2, 0.25) is 0 Å². The summed E-state index contributed by atoms with van der Waals surface area (Å²) in [6.07, 6.45) is 76.9. The van der Waals surface area contributed by atoms with Crippen LogP contribution in [0.3, 0.4) is 0 Å². The zero-order valence-electron chi connectivity index (χ0n) is 59.6. The van der Waals surface area contributed by atoms with E-state index in [4.69, 9.17) is 18.9 Å². The largest absolute Gasteiger partial charge is 0.394 e. The molecule has 2 fully saturated rings. The third kappa shape index (κ3) is 47.1. The Morgan fingerprint density at radius 3 is 1.16 bits per heavy atom. The average Bonchev–Trinajstić information content (AvgIpc) is 0.927. The first-order chi connectivity index (χ1) is 46.6. The second-order valence-electron chi connectivity index (χ2n) is 26.4. The topological polar surface area (TPSA) is 228 Å². The van der Waals surface area contributed by atoms with E-state index in [9.17, 15) is 45.6 Å². The van der Waals surface area contributed by atoms with Crippen molar-refractivity contribution in [2.24, 2.45) is 0 Å². The lowest BCUT2D eigenvalue weighted by atomic mass is 9.97. The Labute approximate surface area is 578 Å². The second kappa shape index (κ2) is 63.8. The number of hydrogen-bond donors (Lipinski definition) is 9. The van der Waals surface area contributed by atoms with Crippen LogP contribution in [0.5, 0.6) is 0 Å². The van der Waals surface area contributed by atoms with Gasteiger partial charge in [-0.1, -0.05) is 302 Å². The fourth-order valence-corrected chi connectivity index (χ4v) is 11.8. The van der Waals surface area contributed by atoms with Crippen LogP contribution in [-0.2, 0) is 23.7 Å². The van der Waals surface area contributed by atoms with Crippen molar-refractivity contribution in [3.05, 3.63) is 122 Å². The summed E-state index contributed by atoms with van der Waals surface area (Å²) in [4.78, 5) is 13.4. The maximum Gasteiger partial charge on any atom is 0.220 e. The van der Waals surface area contributed by atoms with E-state index >= 15 is 0 Å². The Kier molecular flexibility index (Phi) is 58.8. The SMILES string of the molecule is CC/C=C\C/C=C\C/C=C\C/C=C\C/C=C\C/C=C\C/C=C\CCCCCCCCCCCCCCCCCC(=O)NC(COC1OC(CO)C(OC2OC(CO)C(O)C(O)C2O)C(O)C1O)C(O)/C=C/CC/C=C/CC/C=C/CCCCCCCCCCCCCCCC. The predicted octanol–water partition coefficient (Wildman–Crippen LogP) is 16.8. The molecule has 9 N–H and O–H groups in total. The molecule has 14 heteroatoms. The van der Waals surface area contributed by atoms with Gasteiger partial charge >= 0.3 is 0 Å². The summed E-state index contributed by atoms with van der Waals surface area (Å²) in [6.45, 7) is 2.68. The van der Waals surface area contributed by atoms with Gasteiger partial charge in [0.2, 0.25) is 5.91 Å². The molecule has 2 aliphatic heterocycles. The molecule has 0 aromatic heterocycles. The zero-order chi connectivity index (χ0) is 68.7. The molecule has 0 aromatic rings. The Morgan fingerprint density at radius 1 is 0.389 bits per heavy atom. The lowest BCUT2D eigenvalue weighted by Crippen LogP contribution is -2.65. The minimum Gasteiger partial charge on any atom is -0.394 e. The molecule has 0 bridgehead atoms. The molecule has 0 aromatic carbocycles. The quantitative estimate of drug-likeness (QED) is 0.0204. The van der Waals surface area contributed by atoms with E-state index in [-0.39, 0.29) is 18.9 Å². The number of carbonyl (C=O) groups excluding carboxylic acids is 1. The molecule has 2 saturated heterocycles. The highest BCUT2D eigenvalue weighted by atomic mass is 16.7. The zero-order valence-corrected chi connectivity index (χ0v) is 59.6. The standard InChI is InChI=1S/C81H139NO13/c1-3-5-7-9-11-13-15-17-19-21-23-25-27-29-30-31-32-33-34-35-36-37-38-39-40-41-43-45-47-49-51-53-55-57-59-61-63-65-73(86)82-69(68-92-80-78(91)76(89)79(72(67-84)94-80)95-81-77(90)75(88)74(87)71(66-83)93-81)70(85)64-62-60-58-56-54-52-50-48-46-44-42-28-26-24-22-20-18-16-14-12-10-8-6-4-2/h5,7,11,13,17,19,23,25,29-30,32-33,35-36,46,48,54,56,62,64,69-72,74-81,83-85,87-91H,3-4,6,8-10,12,14-16,18,20-22,24,26-28,31,34,37-45,47,49-53,55,57-61,63,65-68H2,1-2H3,(H,82,86)/b7-5-,13-11-,19-17-,25-23-,30-29-,33-32-,36-35-,48-46+,56-54+,64-62+. The summed E-state index contributed by atoms with van der Waals surface area (Å²) in [5.74, 6) is -0.255. The first-order valence-corrected chi connectivity index (χ1v) is 38.3. The summed E-state index contributed by atoms with van der Waals surface area (Å²) in [7, 11) is 0. The number of aliphatic hydroxyl groups excluding tert-OH is 8. The van der Waals surface area contributed by atoms with E-state index in [1.54, 1.807) is 6.08 Å². The monoisotopic (exact) mass is 1330 g/mol. The molecule has 0 saturated carbocycles. The maximum absolute atomic E-state index is 13.4. The molecule has 12 atom stereocenters. The number of unbranched alkanes of at least 4 members (excludes halogenated alkanes) is 31. The number of carbonyl (C=O) groups is 1. The van der Waals surface area contributed by atoms with E-state index in [0.29, 0.717) is 12.8 Å². The molecule has 2 heterocycles. The molecule has 12 unspecified atom stereocenters. The van der Waals surface area contributed by atoms with Gasteiger partial charge in [0.1, 0.15) is 48.8 Å². The third-order valence-electron chi connectivity index (χ3n) is 17.9. The summed E-state index contributed by atoms with van der Waals surface area (Å²) in [6, 6.07) is -0.946. The summed E-state index contributed by atoms with van der Waals surface area (Å²) >= 11 is 0. The first-order valence-electron chi connectivity index (χ1n) is 38.3. The van der Waals surface area contributed by atoms with Crippen molar-refractivity contribution < 1.29 is 64.6 Å². The van der Waals surface area contributed by atoms with Crippen molar-refractivity contribution in [2.45, 2.75) is 364 Å². The first kappa shape index (κ1) is 87.5. The molecule has 14 nitrogen and oxygen atoms in total. The van der Waals surface area contributed by atoms with Crippen LogP contribution in [-0.4, -0.2) is 140 Å². The number of aliphatic hydroxyl groups is 8. The van der Waals surface area contributed by atoms with E-state index in [1.165, 1.54) is 167 Å². The molecular weight excluding hydrogens is 1190 g/mol. The molecule has 0 aliphatic carbocycles. The summed E-state index contributed by atoms with van der Waals surface area (Å²) < 4.78 is 22.9. The number of allylic oxidation sites excluding steroid dienone is 19. The van der Waals surface area contributed by atoms with E-state index in [0.717, 1.165) is 89.9 Å². The highest BCUT2D eigenvalue weighted by molar-refractivity contribution is 5.76. The lowest BCUT2D eigenvalue weighted by Gasteiger charge is -2.46. The second-order valence-corrected chi connectivity index (χ2v) is 26.4. The minimum absolute atomic E-state index is 0.255. The van der Waals surface area contributed by atoms with Crippen LogP contribution in [0.1, 0.15) is 290 Å². The Balaban J connectivity index is 1.65. The van der Waals surface area contributed by atoms with Crippen molar-refractivity contribution in [2.75, 3.05) is 19.8 Å². The van der Waals surface area contributed by atoms with E-state index in [1.807, 2.05) is 6.08 Å². The highest BCUT2D eigenvalue weighted by Gasteiger charge is 2.51. The summed E-state index contributed by atoms with van der Waals surface area (Å²) in [5.41, 5.74) is 0. The molecule has 2 aliphatic rings. The van der Waals surface area contributed by atoms with Crippen molar-refractivity contribution in [3.63, 3.8) is 0 Å². The van der Waals surface area contributed by atoms with Crippen LogP contribution in [0, 0.1) is 0 Å². The van der Waals surface area contributed by atoms with E-state index < -0.39 is 86.8 Å². The predicted molar refractivity (Wildman–Crippen MR) is 392 cm³/mol. The van der Waals surface area contributed by atoms with Gasteiger partial charge in [-0.05, 0) is 103 Å². The molecule has 2 rings (SSSR count). The number of hydrogen-bond acceptors (Lipinski definition) is 13. The van der Waals surface area contributed by atoms with Gasteiger partial charge in [-0.2, -0.15) is 0 Å². The molecule has 1 amide bonds. The van der Waals surface area contributed by atoms with Crippen molar-refractivity contribution >= 4 is 5.91 Å². The number of amides is 1.